The molecule has 2 amide bonds. The molecule has 0 aromatic heterocycles. The van der Waals surface area contributed by atoms with Crippen molar-refractivity contribution in [2.75, 3.05) is 10.6 Å². The van der Waals surface area contributed by atoms with Gasteiger partial charge in [0.2, 0.25) is 11.8 Å². The van der Waals surface area contributed by atoms with Crippen LogP contribution < -0.4 is 10.6 Å². The van der Waals surface area contributed by atoms with Crippen molar-refractivity contribution < 1.29 is 9.59 Å². The summed E-state index contributed by atoms with van der Waals surface area (Å²) < 4.78 is 0. The molecule has 0 radical (unpaired) electrons. The van der Waals surface area contributed by atoms with Crippen LogP contribution in [-0.4, -0.2) is 17.1 Å². The number of nitrogens with one attached hydrogen (secondary N) is 2. The Kier molecular flexibility index (Phi) is 8.37. The summed E-state index contributed by atoms with van der Waals surface area (Å²) in [6.45, 7) is 5.99. The average molecular weight is 467 g/mol. The molecule has 0 aliphatic heterocycles. The molecule has 0 fully saturated rings. The first-order valence-corrected chi connectivity index (χ1v) is 11.8. The van der Waals surface area contributed by atoms with Crippen LogP contribution in [0.5, 0.6) is 0 Å². The fourth-order valence-electron chi connectivity index (χ4n) is 3.34. The predicted molar refractivity (Wildman–Crippen MR) is 135 cm³/mol. The van der Waals surface area contributed by atoms with E-state index < -0.39 is 0 Å². The number of aryl methyl sites for hydroxylation is 2. The van der Waals surface area contributed by atoms with Gasteiger partial charge < -0.3 is 10.6 Å². The van der Waals surface area contributed by atoms with Crippen molar-refractivity contribution in [2.24, 2.45) is 0 Å². The molecule has 166 valence electrons. The molecule has 2 N–H and O–H groups in total. The molecule has 6 heteroatoms. The minimum Gasteiger partial charge on any atom is -0.326 e. The van der Waals surface area contributed by atoms with Crippen molar-refractivity contribution in [3.05, 3.63) is 88.4 Å². The fourth-order valence-corrected chi connectivity index (χ4v) is 4.48. The van der Waals surface area contributed by atoms with Crippen molar-refractivity contribution in [1.82, 2.24) is 0 Å². The van der Waals surface area contributed by atoms with Crippen LogP contribution in [-0.2, 0) is 16.0 Å². The summed E-state index contributed by atoms with van der Waals surface area (Å²) in [7, 11) is 0. The lowest BCUT2D eigenvalue weighted by Crippen LogP contribution is -2.25. The predicted octanol–water partition coefficient (Wildman–Crippen LogP) is 6.65. The number of carbonyl (C=O) groups is 2. The van der Waals surface area contributed by atoms with Crippen LogP contribution in [0.1, 0.15) is 30.0 Å². The number of hydrogen-bond donors (Lipinski definition) is 2. The number of amides is 2. The molecule has 3 aromatic rings. The average Bonchev–Trinajstić information content (AvgIpc) is 2.76. The molecule has 0 aliphatic carbocycles. The Morgan fingerprint density at radius 3 is 2.25 bits per heavy atom. The zero-order valence-corrected chi connectivity index (χ0v) is 20.0. The highest BCUT2D eigenvalue weighted by Gasteiger charge is 2.19. The molecule has 0 spiro atoms. The quantitative estimate of drug-likeness (QED) is 0.365. The molecule has 1 unspecified atom stereocenters. The first-order valence-electron chi connectivity index (χ1n) is 10.5. The molecule has 1 atom stereocenters. The standard InChI is InChI=1S/C26H27ClN2O2S/c1-4-23(26(31)29-25-17(2)7-5-8-18(25)3)32-22-10-6-9-21(16-22)28-24(30)15-19-11-13-20(27)14-12-19/h5-14,16,23H,4,15H2,1-3H3,(H,28,30)(H,29,31). The first-order chi connectivity index (χ1) is 15.4. The zero-order valence-electron chi connectivity index (χ0n) is 18.4. The van der Waals surface area contributed by atoms with Gasteiger partial charge in [0.25, 0.3) is 0 Å². The number of benzene rings is 3. The number of anilines is 2. The Morgan fingerprint density at radius 2 is 1.59 bits per heavy atom. The van der Waals surface area contributed by atoms with Gasteiger partial charge in [0.15, 0.2) is 0 Å². The highest BCUT2D eigenvalue weighted by Crippen LogP contribution is 2.29. The van der Waals surface area contributed by atoms with Crippen molar-refractivity contribution in [3.63, 3.8) is 0 Å². The van der Waals surface area contributed by atoms with E-state index in [1.807, 2.05) is 75.4 Å². The number of para-hydroxylation sites is 1. The van der Waals surface area contributed by atoms with Crippen LogP contribution in [0.2, 0.25) is 5.02 Å². The monoisotopic (exact) mass is 466 g/mol. The van der Waals surface area contributed by atoms with Crippen molar-refractivity contribution >= 4 is 46.6 Å². The van der Waals surface area contributed by atoms with E-state index in [9.17, 15) is 9.59 Å². The third-order valence-electron chi connectivity index (χ3n) is 5.07. The molecule has 3 rings (SSSR count). The second-order valence-electron chi connectivity index (χ2n) is 7.65. The van der Waals surface area contributed by atoms with E-state index in [1.165, 1.54) is 11.8 Å². The van der Waals surface area contributed by atoms with E-state index in [4.69, 9.17) is 11.6 Å². The van der Waals surface area contributed by atoms with Crippen molar-refractivity contribution in [1.29, 1.82) is 0 Å². The van der Waals surface area contributed by atoms with E-state index >= 15 is 0 Å². The van der Waals surface area contributed by atoms with Gasteiger partial charge in [-0.25, -0.2) is 0 Å². The molecule has 4 nitrogen and oxygen atoms in total. The third-order valence-corrected chi connectivity index (χ3v) is 6.68. The molecule has 32 heavy (non-hydrogen) atoms. The van der Waals surface area contributed by atoms with Crippen LogP contribution in [0.25, 0.3) is 0 Å². The van der Waals surface area contributed by atoms with Crippen LogP contribution in [0.4, 0.5) is 11.4 Å². The summed E-state index contributed by atoms with van der Waals surface area (Å²) in [4.78, 5) is 26.3. The molecule has 0 bridgehead atoms. The maximum absolute atomic E-state index is 12.9. The van der Waals surface area contributed by atoms with Crippen molar-refractivity contribution in [3.8, 4) is 0 Å². The molecule has 0 heterocycles. The Bertz CT molecular complexity index is 1080. The normalized spacial score (nSPS) is 11.6. The number of thioether (sulfide) groups is 1. The maximum Gasteiger partial charge on any atom is 0.237 e. The van der Waals surface area contributed by atoms with Gasteiger partial charge in [0.05, 0.1) is 11.7 Å². The van der Waals surface area contributed by atoms with Gasteiger partial charge in [-0.2, -0.15) is 0 Å². The second-order valence-corrected chi connectivity index (χ2v) is 9.36. The summed E-state index contributed by atoms with van der Waals surface area (Å²) in [5.41, 5.74) is 4.57. The minimum absolute atomic E-state index is 0.0212. The van der Waals surface area contributed by atoms with Crippen LogP contribution in [0.3, 0.4) is 0 Å². The summed E-state index contributed by atoms with van der Waals surface area (Å²) >= 11 is 7.40. The minimum atomic E-state index is -0.242. The SMILES string of the molecule is CCC(Sc1cccc(NC(=O)Cc2ccc(Cl)cc2)c1)C(=O)Nc1c(C)cccc1C. The van der Waals surface area contributed by atoms with Crippen molar-refractivity contribution in [2.45, 2.75) is 43.8 Å². The summed E-state index contributed by atoms with van der Waals surface area (Å²) in [5.74, 6) is -0.124. The Morgan fingerprint density at radius 1 is 0.938 bits per heavy atom. The highest BCUT2D eigenvalue weighted by atomic mass is 35.5. The lowest BCUT2D eigenvalue weighted by molar-refractivity contribution is -0.116. The van der Waals surface area contributed by atoms with Crippen LogP contribution in [0.15, 0.2) is 71.6 Å². The molecule has 0 saturated heterocycles. The smallest absolute Gasteiger partial charge is 0.237 e. The topological polar surface area (TPSA) is 58.2 Å². The fraction of sp³-hybridized carbons (Fsp3) is 0.231. The van der Waals surface area contributed by atoms with E-state index in [-0.39, 0.29) is 23.5 Å². The van der Waals surface area contributed by atoms with Gasteiger partial charge in [-0.05, 0) is 67.3 Å². The van der Waals surface area contributed by atoms with E-state index in [1.54, 1.807) is 12.1 Å². The summed E-state index contributed by atoms with van der Waals surface area (Å²) in [6, 6.07) is 20.8. The van der Waals surface area contributed by atoms with Crippen LogP contribution >= 0.6 is 23.4 Å². The van der Waals surface area contributed by atoms with Gasteiger partial charge in [-0.1, -0.05) is 54.9 Å². The number of hydrogen-bond acceptors (Lipinski definition) is 3. The number of carbonyl (C=O) groups excluding carboxylic acids is 2. The van der Waals surface area contributed by atoms with E-state index in [2.05, 4.69) is 10.6 Å². The lowest BCUT2D eigenvalue weighted by Gasteiger charge is -2.17. The Balaban J connectivity index is 1.63. The Labute approximate surface area is 198 Å². The molecular formula is C26H27ClN2O2S. The third kappa shape index (κ3) is 6.62. The highest BCUT2D eigenvalue weighted by molar-refractivity contribution is 8.00. The maximum atomic E-state index is 12.9. The van der Waals surface area contributed by atoms with Gasteiger partial charge in [-0.15, -0.1) is 11.8 Å². The first kappa shape index (κ1) is 23.9. The van der Waals surface area contributed by atoms with Gasteiger partial charge in [0, 0.05) is 21.3 Å². The van der Waals surface area contributed by atoms with E-state index in [0.29, 0.717) is 17.1 Å². The van der Waals surface area contributed by atoms with Crippen LogP contribution in [0, 0.1) is 13.8 Å². The van der Waals surface area contributed by atoms with Gasteiger partial charge in [-0.3, -0.25) is 9.59 Å². The number of halogens is 1. The molecule has 3 aromatic carbocycles. The molecular weight excluding hydrogens is 440 g/mol. The lowest BCUT2D eigenvalue weighted by atomic mass is 10.1. The van der Waals surface area contributed by atoms with Gasteiger partial charge in [0.1, 0.15) is 0 Å². The molecule has 0 aliphatic rings. The Hall–Kier alpha value is -2.76. The summed E-state index contributed by atoms with van der Waals surface area (Å²) in [5, 5.41) is 6.43. The number of rotatable bonds is 8. The summed E-state index contributed by atoms with van der Waals surface area (Å²) in [6.07, 6.45) is 0.957. The van der Waals surface area contributed by atoms with E-state index in [0.717, 1.165) is 27.3 Å². The largest absolute Gasteiger partial charge is 0.326 e. The second kappa shape index (κ2) is 11.2. The zero-order chi connectivity index (χ0) is 23.1. The van der Waals surface area contributed by atoms with Gasteiger partial charge >= 0.3 is 0 Å². The molecule has 0 saturated carbocycles.